The summed E-state index contributed by atoms with van der Waals surface area (Å²) in [4.78, 5) is 25.7. The summed E-state index contributed by atoms with van der Waals surface area (Å²) in [6.45, 7) is 4.56. The SMILES string of the molecule is CCCCCCCCCCCCCCCCCc1c(C(=O)O)sc2c1sc1c3sc(C(=O)O)c(CCCCCCCCCCCCCCCCC)c3sc21. The van der Waals surface area contributed by atoms with Gasteiger partial charge in [0, 0.05) is 0 Å². The quantitative estimate of drug-likeness (QED) is 0.0461. The van der Waals surface area contributed by atoms with Gasteiger partial charge in [0.25, 0.3) is 0 Å². The van der Waals surface area contributed by atoms with Crippen molar-refractivity contribution in [3.63, 3.8) is 0 Å². The van der Waals surface area contributed by atoms with Crippen LogP contribution in [0.3, 0.4) is 0 Å². The van der Waals surface area contributed by atoms with Gasteiger partial charge in [0.2, 0.25) is 0 Å². The van der Waals surface area contributed by atoms with E-state index in [1.54, 1.807) is 22.7 Å². The average Bonchev–Trinajstić information content (AvgIpc) is 3.89. The molecule has 0 fully saturated rings. The number of hydrogen-bond donors (Lipinski definition) is 2. The molecule has 4 heterocycles. The van der Waals surface area contributed by atoms with Crippen LogP contribution in [0.5, 0.6) is 0 Å². The zero-order valence-corrected chi connectivity index (χ0v) is 37.2. The van der Waals surface area contributed by atoms with E-state index in [0.29, 0.717) is 9.75 Å². The van der Waals surface area contributed by atoms with Crippen molar-refractivity contribution in [1.82, 2.24) is 0 Å². The van der Waals surface area contributed by atoms with Gasteiger partial charge in [-0.05, 0) is 36.8 Å². The highest BCUT2D eigenvalue weighted by Gasteiger charge is 2.27. The molecule has 0 atom stereocenters. The van der Waals surface area contributed by atoms with Gasteiger partial charge in [0.1, 0.15) is 9.75 Å². The number of thiophene rings is 4. The number of aryl methyl sites for hydroxylation is 2. The molecule has 0 spiro atoms. The lowest BCUT2D eigenvalue weighted by Crippen LogP contribution is -1.98. The molecule has 0 saturated carbocycles. The van der Waals surface area contributed by atoms with Crippen LogP contribution in [-0.2, 0) is 12.8 Å². The second-order valence-electron chi connectivity index (χ2n) is 16.0. The Morgan fingerprint density at radius 3 is 0.796 bits per heavy atom. The third-order valence-electron chi connectivity index (χ3n) is 11.4. The molecule has 0 amide bonds. The number of carboxylic acid groups (broad SMARTS) is 2. The first-order chi connectivity index (χ1) is 26.5. The Hall–Kier alpha value is -1.48. The Bertz CT molecular complexity index is 1520. The van der Waals surface area contributed by atoms with E-state index in [-0.39, 0.29) is 0 Å². The Morgan fingerprint density at radius 2 is 0.556 bits per heavy atom. The molecule has 4 nitrogen and oxygen atoms in total. The number of carbonyl (C=O) groups is 2. The van der Waals surface area contributed by atoms with Crippen LogP contribution in [0, 0.1) is 0 Å². The normalized spacial score (nSPS) is 12.0. The molecule has 0 bridgehead atoms. The molecule has 0 aromatic carbocycles. The Kier molecular flexibility index (Phi) is 22.1. The number of carboxylic acids is 2. The van der Waals surface area contributed by atoms with Gasteiger partial charge in [0.15, 0.2) is 0 Å². The molecular weight excluding hydrogens is 745 g/mol. The first-order valence-electron chi connectivity index (χ1n) is 22.4. The predicted molar refractivity (Wildman–Crippen MR) is 242 cm³/mol. The minimum Gasteiger partial charge on any atom is -0.477 e. The van der Waals surface area contributed by atoms with E-state index in [1.165, 1.54) is 199 Å². The summed E-state index contributed by atoms with van der Waals surface area (Å²) in [6, 6.07) is 0. The first kappa shape index (κ1) is 45.2. The van der Waals surface area contributed by atoms with E-state index in [4.69, 9.17) is 0 Å². The molecule has 54 heavy (non-hydrogen) atoms. The van der Waals surface area contributed by atoms with Gasteiger partial charge in [-0.1, -0.05) is 194 Å². The molecule has 0 aliphatic rings. The summed E-state index contributed by atoms with van der Waals surface area (Å²) in [5, 5.41) is 20.3. The van der Waals surface area contributed by atoms with Crippen molar-refractivity contribution in [2.45, 2.75) is 219 Å². The average molecular weight is 817 g/mol. The monoisotopic (exact) mass is 816 g/mol. The molecule has 4 aromatic heterocycles. The fraction of sp³-hybridized carbons (Fsp3) is 0.739. The fourth-order valence-corrected chi connectivity index (χ4v) is 14.1. The van der Waals surface area contributed by atoms with Crippen molar-refractivity contribution in [1.29, 1.82) is 0 Å². The third-order valence-corrected chi connectivity index (χ3v) is 17.0. The maximum atomic E-state index is 12.4. The third kappa shape index (κ3) is 14.5. The molecule has 2 N–H and O–H groups in total. The molecule has 0 unspecified atom stereocenters. The van der Waals surface area contributed by atoms with E-state index in [1.807, 2.05) is 0 Å². The van der Waals surface area contributed by atoms with Crippen LogP contribution in [0.15, 0.2) is 0 Å². The lowest BCUT2D eigenvalue weighted by molar-refractivity contribution is 0.0690. The summed E-state index contributed by atoms with van der Waals surface area (Å²) in [7, 11) is 0. The smallest absolute Gasteiger partial charge is 0.346 e. The van der Waals surface area contributed by atoms with Gasteiger partial charge in [0.05, 0.1) is 28.2 Å². The lowest BCUT2D eigenvalue weighted by atomic mass is 10.0. The van der Waals surface area contributed by atoms with Crippen LogP contribution in [0.25, 0.3) is 28.2 Å². The fourth-order valence-electron chi connectivity index (χ4n) is 8.16. The summed E-state index contributed by atoms with van der Waals surface area (Å²) < 4.78 is 6.79. The molecule has 4 rings (SSSR count). The number of unbranched alkanes of at least 4 members (excludes halogenated alkanes) is 28. The van der Waals surface area contributed by atoms with E-state index < -0.39 is 11.9 Å². The molecule has 0 aliphatic carbocycles. The predicted octanol–water partition coefficient (Wildman–Crippen LogP) is 17.6. The van der Waals surface area contributed by atoms with Crippen molar-refractivity contribution >= 4 is 85.5 Å². The van der Waals surface area contributed by atoms with Crippen LogP contribution in [-0.4, -0.2) is 22.2 Å². The molecule has 304 valence electrons. The van der Waals surface area contributed by atoms with Crippen LogP contribution in [0.4, 0.5) is 0 Å². The summed E-state index contributed by atoms with van der Waals surface area (Å²) in [6.07, 6.45) is 41.3. The number of fused-ring (bicyclic) bond motifs is 5. The second kappa shape index (κ2) is 26.4. The van der Waals surface area contributed by atoms with Gasteiger partial charge in [-0.25, -0.2) is 9.59 Å². The lowest BCUT2D eigenvalue weighted by Gasteiger charge is -2.04. The van der Waals surface area contributed by atoms with Gasteiger partial charge in [-0.2, -0.15) is 0 Å². The number of rotatable bonds is 34. The zero-order chi connectivity index (χ0) is 38.4. The summed E-state index contributed by atoms with van der Waals surface area (Å²) in [5.74, 6) is -1.62. The second-order valence-corrected chi connectivity index (χ2v) is 20.1. The first-order valence-corrected chi connectivity index (χ1v) is 25.6. The largest absolute Gasteiger partial charge is 0.477 e. The van der Waals surface area contributed by atoms with E-state index in [2.05, 4.69) is 13.8 Å². The molecule has 0 saturated heterocycles. The van der Waals surface area contributed by atoms with Crippen LogP contribution in [0.1, 0.15) is 237 Å². The standard InChI is InChI=1S/C46H72O4S4/c1-3-5-7-9-11-13-15-17-19-21-23-25-27-29-31-33-35-37-41(53-39(35)45(47)48)43-44(51-37)42-38(52-43)36(40(54-42)46(49)50)34-32-30-28-26-24-22-20-18-16-14-12-10-8-6-4-2/h3-34H2,1-2H3,(H,47,48)(H,49,50). The number of aromatic carboxylic acids is 2. The maximum Gasteiger partial charge on any atom is 0.346 e. The van der Waals surface area contributed by atoms with Gasteiger partial charge in [-0.15, -0.1) is 45.3 Å². The summed E-state index contributed by atoms with van der Waals surface area (Å²) >= 11 is 6.30. The number of hydrogen-bond acceptors (Lipinski definition) is 6. The molecule has 0 aliphatic heterocycles. The van der Waals surface area contributed by atoms with E-state index >= 15 is 0 Å². The van der Waals surface area contributed by atoms with E-state index in [0.717, 1.165) is 68.5 Å². The molecular formula is C46H72O4S4. The molecule has 8 heteroatoms. The van der Waals surface area contributed by atoms with Gasteiger partial charge < -0.3 is 10.2 Å². The van der Waals surface area contributed by atoms with Crippen molar-refractivity contribution in [2.24, 2.45) is 0 Å². The Morgan fingerprint density at radius 1 is 0.333 bits per heavy atom. The van der Waals surface area contributed by atoms with Gasteiger partial charge >= 0.3 is 11.9 Å². The van der Waals surface area contributed by atoms with Crippen LogP contribution >= 0.6 is 45.3 Å². The van der Waals surface area contributed by atoms with Crippen molar-refractivity contribution in [3.8, 4) is 0 Å². The van der Waals surface area contributed by atoms with Crippen molar-refractivity contribution in [3.05, 3.63) is 20.9 Å². The minimum absolute atomic E-state index is 0.504. The zero-order valence-electron chi connectivity index (χ0n) is 34.0. The topological polar surface area (TPSA) is 74.6 Å². The van der Waals surface area contributed by atoms with Crippen LogP contribution < -0.4 is 0 Å². The van der Waals surface area contributed by atoms with Crippen molar-refractivity contribution in [2.75, 3.05) is 0 Å². The maximum absolute atomic E-state index is 12.4. The van der Waals surface area contributed by atoms with Crippen molar-refractivity contribution < 1.29 is 19.8 Å². The van der Waals surface area contributed by atoms with Gasteiger partial charge in [-0.3, -0.25) is 0 Å². The Balaban J connectivity index is 1.20. The van der Waals surface area contributed by atoms with Crippen LogP contribution in [0.2, 0.25) is 0 Å². The Labute approximate surface area is 343 Å². The van der Waals surface area contributed by atoms with E-state index in [9.17, 15) is 19.8 Å². The summed E-state index contributed by atoms with van der Waals surface area (Å²) in [5.41, 5.74) is 2.01. The highest BCUT2D eigenvalue weighted by Crippen LogP contribution is 2.53. The minimum atomic E-state index is -0.812. The molecule has 4 aromatic rings. The molecule has 0 radical (unpaired) electrons. The highest BCUT2D eigenvalue weighted by atomic mass is 32.1. The highest BCUT2D eigenvalue weighted by molar-refractivity contribution is 7.45.